The number of hydrogen-bond acceptors (Lipinski definition) is 2. The number of carboxylic acid groups (broad SMARTS) is 1. The van der Waals surface area contributed by atoms with Crippen molar-refractivity contribution in [1.82, 2.24) is 0 Å². The van der Waals surface area contributed by atoms with E-state index in [0.717, 1.165) is 0 Å². The normalized spacial score (nSPS) is 14.4. The molecule has 0 aliphatic carbocycles. The quantitative estimate of drug-likeness (QED) is 0.730. The first-order valence-electron chi connectivity index (χ1n) is 4.48. The number of aliphatic carboxylic acids is 1. The summed E-state index contributed by atoms with van der Waals surface area (Å²) < 4.78 is 29.8. The molecule has 0 saturated carbocycles. The summed E-state index contributed by atoms with van der Waals surface area (Å²) in [6.45, 7) is 4.47. The SMILES string of the molecule is CC(C)CC(C)OCC(F)(F)C(=O)O. The Morgan fingerprint density at radius 1 is 1.43 bits per heavy atom. The Balaban J connectivity index is 3.87. The summed E-state index contributed by atoms with van der Waals surface area (Å²) in [5.74, 6) is -5.59. The summed E-state index contributed by atoms with van der Waals surface area (Å²) in [6.07, 6.45) is 0.288. The van der Waals surface area contributed by atoms with Crippen molar-refractivity contribution in [3.63, 3.8) is 0 Å². The highest BCUT2D eigenvalue weighted by Gasteiger charge is 2.39. The Hall–Kier alpha value is -0.710. The molecule has 14 heavy (non-hydrogen) atoms. The molecule has 0 bridgehead atoms. The lowest BCUT2D eigenvalue weighted by Gasteiger charge is -2.18. The van der Waals surface area contributed by atoms with Gasteiger partial charge in [-0.3, -0.25) is 0 Å². The van der Waals surface area contributed by atoms with Crippen LogP contribution >= 0.6 is 0 Å². The van der Waals surface area contributed by atoms with E-state index < -0.39 is 18.5 Å². The van der Waals surface area contributed by atoms with Crippen molar-refractivity contribution in [3.8, 4) is 0 Å². The summed E-state index contributed by atoms with van der Waals surface area (Å²) in [6, 6.07) is 0. The predicted molar refractivity (Wildman–Crippen MR) is 47.5 cm³/mol. The van der Waals surface area contributed by atoms with Crippen LogP contribution in [-0.2, 0) is 9.53 Å². The summed E-state index contributed by atoms with van der Waals surface area (Å²) in [7, 11) is 0. The van der Waals surface area contributed by atoms with Gasteiger partial charge in [0.25, 0.3) is 0 Å². The number of carboxylic acids is 1. The Bertz CT molecular complexity index is 192. The minimum atomic E-state index is -3.79. The second kappa shape index (κ2) is 5.24. The molecule has 0 aromatic heterocycles. The van der Waals surface area contributed by atoms with E-state index in [1.807, 2.05) is 13.8 Å². The minimum absolute atomic E-state index is 0.337. The van der Waals surface area contributed by atoms with Crippen molar-refractivity contribution in [2.45, 2.75) is 39.2 Å². The number of alkyl halides is 2. The van der Waals surface area contributed by atoms with Gasteiger partial charge in [-0.2, -0.15) is 8.78 Å². The molecule has 0 aromatic rings. The fourth-order valence-electron chi connectivity index (χ4n) is 1.04. The molecule has 84 valence electrons. The van der Waals surface area contributed by atoms with E-state index >= 15 is 0 Å². The van der Waals surface area contributed by atoms with Crippen LogP contribution in [0, 0.1) is 5.92 Å². The predicted octanol–water partition coefficient (Wildman–Crippen LogP) is 2.16. The van der Waals surface area contributed by atoms with Crippen LogP contribution in [0.2, 0.25) is 0 Å². The summed E-state index contributed by atoms with van der Waals surface area (Å²) >= 11 is 0. The zero-order valence-electron chi connectivity index (χ0n) is 8.59. The monoisotopic (exact) mass is 210 g/mol. The third-order valence-electron chi connectivity index (χ3n) is 1.67. The van der Waals surface area contributed by atoms with E-state index in [4.69, 9.17) is 9.84 Å². The second-order valence-electron chi connectivity index (χ2n) is 3.76. The van der Waals surface area contributed by atoms with Crippen molar-refractivity contribution < 1.29 is 23.4 Å². The molecule has 0 amide bonds. The van der Waals surface area contributed by atoms with E-state index in [0.29, 0.717) is 12.3 Å². The maximum Gasteiger partial charge on any atom is 0.377 e. The van der Waals surface area contributed by atoms with Crippen molar-refractivity contribution in [2.75, 3.05) is 6.61 Å². The summed E-state index contributed by atoms with van der Waals surface area (Å²) in [5.41, 5.74) is 0. The second-order valence-corrected chi connectivity index (χ2v) is 3.76. The number of rotatable bonds is 6. The molecule has 0 radical (unpaired) electrons. The molecule has 1 unspecified atom stereocenters. The first-order chi connectivity index (χ1) is 6.25. The molecule has 0 aliphatic heterocycles. The van der Waals surface area contributed by atoms with E-state index in [1.165, 1.54) is 0 Å². The minimum Gasteiger partial charge on any atom is -0.477 e. The van der Waals surface area contributed by atoms with Gasteiger partial charge in [-0.1, -0.05) is 13.8 Å². The van der Waals surface area contributed by atoms with Gasteiger partial charge in [0.05, 0.1) is 6.10 Å². The van der Waals surface area contributed by atoms with Gasteiger partial charge in [0.2, 0.25) is 0 Å². The van der Waals surface area contributed by atoms with Crippen LogP contribution in [0.3, 0.4) is 0 Å². The Kier molecular flexibility index (Phi) is 4.97. The van der Waals surface area contributed by atoms with Crippen LogP contribution in [0.4, 0.5) is 8.78 Å². The first-order valence-corrected chi connectivity index (χ1v) is 4.48. The molecular weight excluding hydrogens is 194 g/mol. The van der Waals surface area contributed by atoms with Gasteiger partial charge in [0.15, 0.2) is 0 Å². The third-order valence-corrected chi connectivity index (χ3v) is 1.67. The van der Waals surface area contributed by atoms with Crippen molar-refractivity contribution >= 4 is 5.97 Å². The Morgan fingerprint density at radius 2 is 1.93 bits per heavy atom. The van der Waals surface area contributed by atoms with Crippen molar-refractivity contribution in [3.05, 3.63) is 0 Å². The molecule has 1 N–H and O–H groups in total. The smallest absolute Gasteiger partial charge is 0.377 e. The molecule has 0 aromatic carbocycles. The van der Waals surface area contributed by atoms with Gasteiger partial charge < -0.3 is 9.84 Å². The van der Waals surface area contributed by atoms with Crippen molar-refractivity contribution in [2.24, 2.45) is 5.92 Å². The highest BCUT2D eigenvalue weighted by molar-refractivity contribution is 5.75. The lowest BCUT2D eigenvalue weighted by molar-refractivity contribution is -0.176. The number of hydrogen-bond donors (Lipinski definition) is 1. The van der Waals surface area contributed by atoms with Crippen LogP contribution in [0.15, 0.2) is 0 Å². The standard InChI is InChI=1S/C9H16F2O3/c1-6(2)4-7(3)14-5-9(10,11)8(12)13/h6-7H,4-5H2,1-3H3,(H,12,13). The molecule has 0 fully saturated rings. The lowest BCUT2D eigenvalue weighted by Crippen LogP contribution is -2.35. The molecule has 0 saturated heterocycles. The lowest BCUT2D eigenvalue weighted by atomic mass is 10.1. The number of halogens is 2. The van der Waals surface area contributed by atoms with Gasteiger partial charge in [-0.25, -0.2) is 4.79 Å². The third kappa shape index (κ3) is 5.11. The number of ether oxygens (including phenoxy) is 1. The Labute approximate surface area is 82.1 Å². The highest BCUT2D eigenvalue weighted by atomic mass is 19.3. The van der Waals surface area contributed by atoms with Gasteiger partial charge in [-0.05, 0) is 19.3 Å². The van der Waals surface area contributed by atoms with Gasteiger partial charge in [0.1, 0.15) is 6.61 Å². The van der Waals surface area contributed by atoms with Crippen LogP contribution < -0.4 is 0 Å². The topological polar surface area (TPSA) is 46.5 Å². The molecule has 0 rings (SSSR count). The molecule has 3 nitrogen and oxygen atoms in total. The molecule has 5 heteroatoms. The summed E-state index contributed by atoms with van der Waals surface area (Å²) in [5, 5.41) is 8.11. The maximum atomic E-state index is 12.5. The molecular formula is C9H16F2O3. The van der Waals surface area contributed by atoms with Gasteiger partial charge in [0, 0.05) is 0 Å². The highest BCUT2D eigenvalue weighted by Crippen LogP contribution is 2.16. The van der Waals surface area contributed by atoms with E-state index in [2.05, 4.69) is 0 Å². The zero-order valence-corrected chi connectivity index (χ0v) is 8.59. The first kappa shape index (κ1) is 13.3. The van der Waals surface area contributed by atoms with Crippen molar-refractivity contribution in [1.29, 1.82) is 0 Å². The van der Waals surface area contributed by atoms with Crippen LogP contribution in [0.25, 0.3) is 0 Å². The van der Waals surface area contributed by atoms with Crippen LogP contribution in [0.5, 0.6) is 0 Å². The van der Waals surface area contributed by atoms with Crippen LogP contribution in [-0.4, -0.2) is 29.7 Å². The van der Waals surface area contributed by atoms with E-state index in [-0.39, 0.29) is 6.10 Å². The molecule has 0 aliphatic rings. The molecule has 0 heterocycles. The van der Waals surface area contributed by atoms with E-state index in [9.17, 15) is 13.6 Å². The largest absolute Gasteiger partial charge is 0.477 e. The number of carbonyl (C=O) groups is 1. The maximum absolute atomic E-state index is 12.5. The summed E-state index contributed by atoms with van der Waals surface area (Å²) in [4.78, 5) is 10.0. The fraction of sp³-hybridized carbons (Fsp3) is 0.889. The van der Waals surface area contributed by atoms with Gasteiger partial charge >= 0.3 is 11.9 Å². The average molecular weight is 210 g/mol. The van der Waals surface area contributed by atoms with E-state index in [1.54, 1.807) is 6.92 Å². The average Bonchev–Trinajstić information content (AvgIpc) is 1.99. The Morgan fingerprint density at radius 3 is 2.29 bits per heavy atom. The molecule has 1 atom stereocenters. The fourth-order valence-corrected chi connectivity index (χ4v) is 1.04. The van der Waals surface area contributed by atoms with Gasteiger partial charge in [-0.15, -0.1) is 0 Å². The zero-order chi connectivity index (χ0) is 11.4. The molecule has 0 spiro atoms. The van der Waals surface area contributed by atoms with Crippen LogP contribution in [0.1, 0.15) is 27.2 Å².